The van der Waals surface area contributed by atoms with E-state index in [0.29, 0.717) is 18.0 Å². The molecule has 0 spiro atoms. The van der Waals surface area contributed by atoms with Gasteiger partial charge in [0.05, 0.1) is 0 Å². The first-order chi connectivity index (χ1) is 13.7. The van der Waals surface area contributed by atoms with E-state index in [2.05, 4.69) is 29.5 Å². The van der Waals surface area contributed by atoms with Crippen LogP contribution in [0.25, 0.3) is 11.1 Å². The van der Waals surface area contributed by atoms with Crippen LogP contribution in [0.4, 0.5) is 4.79 Å². The third kappa shape index (κ3) is 7.22. The fraction of sp³-hybridized carbons (Fsp3) is 0.435. The van der Waals surface area contributed by atoms with Crippen LogP contribution in [0.5, 0.6) is 0 Å². The van der Waals surface area contributed by atoms with E-state index in [-0.39, 0.29) is 12.5 Å². The maximum Gasteiger partial charge on any atom is 0.407 e. The van der Waals surface area contributed by atoms with Crippen molar-refractivity contribution in [3.05, 3.63) is 53.9 Å². The maximum absolute atomic E-state index is 12.7. The highest BCUT2D eigenvalue weighted by atomic mass is 16.6. The molecule has 0 radical (unpaired) electrons. The second-order valence-corrected chi connectivity index (χ2v) is 8.37. The van der Waals surface area contributed by atoms with Gasteiger partial charge in [-0.2, -0.15) is 0 Å². The maximum atomic E-state index is 12.7. The van der Waals surface area contributed by atoms with Crippen LogP contribution >= 0.6 is 0 Å². The number of rotatable bonds is 7. The van der Waals surface area contributed by atoms with Crippen LogP contribution in [0.15, 0.2) is 42.7 Å². The van der Waals surface area contributed by atoms with E-state index >= 15 is 0 Å². The Labute approximate surface area is 173 Å². The molecule has 29 heavy (non-hydrogen) atoms. The number of hydrogen-bond donors (Lipinski definition) is 2. The van der Waals surface area contributed by atoms with Gasteiger partial charge in [0, 0.05) is 31.0 Å². The van der Waals surface area contributed by atoms with Crippen molar-refractivity contribution in [3.63, 3.8) is 0 Å². The van der Waals surface area contributed by atoms with E-state index in [1.54, 1.807) is 12.4 Å². The van der Waals surface area contributed by atoms with E-state index in [1.807, 2.05) is 51.1 Å². The molecule has 0 unspecified atom stereocenters. The summed E-state index contributed by atoms with van der Waals surface area (Å²) in [5.41, 5.74) is 2.49. The van der Waals surface area contributed by atoms with Crippen LogP contribution in [-0.4, -0.2) is 29.1 Å². The van der Waals surface area contributed by atoms with Crippen molar-refractivity contribution in [1.29, 1.82) is 0 Å². The van der Waals surface area contributed by atoms with Gasteiger partial charge in [-0.15, -0.1) is 0 Å². The second kappa shape index (κ2) is 10.0. The molecule has 1 aromatic heterocycles. The lowest BCUT2D eigenvalue weighted by molar-refractivity contribution is 0.0523. The standard InChI is InChI=1S/C23H31N3O3/c1-16(2)10-13-25-21(27)20-9-7-6-8-19(20)18-11-12-24-14-17(18)15-26-22(28)29-23(3,4)5/h6-9,11-12,14,16H,10,13,15H2,1-5H3,(H,25,27)(H,26,28). The summed E-state index contributed by atoms with van der Waals surface area (Å²) in [6.07, 6.45) is 3.81. The molecule has 0 saturated heterocycles. The van der Waals surface area contributed by atoms with Gasteiger partial charge in [-0.1, -0.05) is 32.0 Å². The average Bonchev–Trinajstić information content (AvgIpc) is 2.65. The molecule has 0 aliphatic heterocycles. The summed E-state index contributed by atoms with van der Waals surface area (Å²) in [5, 5.41) is 5.75. The molecule has 2 rings (SSSR count). The monoisotopic (exact) mass is 397 g/mol. The normalized spacial score (nSPS) is 11.2. The van der Waals surface area contributed by atoms with Crippen LogP contribution in [-0.2, 0) is 11.3 Å². The first-order valence-corrected chi connectivity index (χ1v) is 9.94. The van der Waals surface area contributed by atoms with Gasteiger partial charge in [0.15, 0.2) is 0 Å². The van der Waals surface area contributed by atoms with E-state index < -0.39 is 11.7 Å². The molecule has 2 aromatic rings. The minimum absolute atomic E-state index is 0.107. The summed E-state index contributed by atoms with van der Waals surface area (Å²) in [5.74, 6) is 0.417. The zero-order valence-corrected chi connectivity index (χ0v) is 17.9. The fourth-order valence-electron chi connectivity index (χ4n) is 2.80. The number of carbonyl (C=O) groups is 2. The number of hydrogen-bond acceptors (Lipinski definition) is 4. The molecule has 0 saturated carbocycles. The van der Waals surface area contributed by atoms with E-state index in [9.17, 15) is 9.59 Å². The zero-order chi connectivity index (χ0) is 21.4. The summed E-state index contributed by atoms with van der Waals surface area (Å²) < 4.78 is 5.30. The van der Waals surface area contributed by atoms with Crippen molar-refractivity contribution in [2.75, 3.05) is 6.54 Å². The number of benzene rings is 1. The van der Waals surface area contributed by atoms with E-state index in [1.165, 1.54) is 0 Å². The minimum atomic E-state index is -0.567. The minimum Gasteiger partial charge on any atom is -0.444 e. The summed E-state index contributed by atoms with van der Waals surface area (Å²) in [6, 6.07) is 9.31. The predicted molar refractivity (Wildman–Crippen MR) is 115 cm³/mol. The lowest BCUT2D eigenvalue weighted by atomic mass is 9.96. The first kappa shape index (κ1) is 22.4. The second-order valence-electron chi connectivity index (χ2n) is 8.37. The van der Waals surface area contributed by atoms with Gasteiger partial charge in [0.2, 0.25) is 0 Å². The Morgan fingerprint density at radius 2 is 1.79 bits per heavy atom. The van der Waals surface area contributed by atoms with Crippen LogP contribution in [0.3, 0.4) is 0 Å². The largest absolute Gasteiger partial charge is 0.444 e. The Morgan fingerprint density at radius 3 is 2.48 bits per heavy atom. The molecule has 0 atom stereocenters. The van der Waals surface area contributed by atoms with Gasteiger partial charge in [0.1, 0.15) is 5.60 Å². The predicted octanol–water partition coefficient (Wildman–Crippen LogP) is 4.55. The summed E-state index contributed by atoms with van der Waals surface area (Å²) in [7, 11) is 0. The number of alkyl carbamates (subject to hydrolysis) is 1. The molecule has 0 aliphatic rings. The van der Waals surface area contributed by atoms with Crippen molar-refractivity contribution in [2.24, 2.45) is 5.92 Å². The highest BCUT2D eigenvalue weighted by molar-refractivity contribution is 6.01. The molecule has 1 aromatic carbocycles. The molecule has 6 heteroatoms. The number of carbonyl (C=O) groups excluding carboxylic acids is 2. The number of nitrogens with zero attached hydrogens (tertiary/aromatic N) is 1. The van der Waals surface area contributed by atoms with Crippen molar-refractivity contribution in [2.45, 2.75) is 53.2 Å². The van der Waals surface area contributed by atoms with Gasteiger partial charge in [-0.05, 0) is 61.9 Å². The number of pyridine rings is 1. The van der Waals surface area contributed by atoms with Gasteiger partial charge >= 0.3 is 6.09 Å². The Hall–Kier alpha value is -2.89. The molecule has 2 amide bonds. The van der Waals surface area contributed by atoms with Crippen molar-refractivity contribution in [3.8, 4) is 11.1 Å². The Balaban J connectivity index is 2.21. The SMILES string of the molecule is CC(C)CCNC(=O)c1ccccc1-c1ccncc1CNC(=O)OC(C)(C)C. The highest BCUT2D eigenvalue weighted by Crippen LogP contribution is 2.27. The number of nitrogens with one attached hydrogen (secondary N) is 2. The summed E-state index contributed by atoms with van der Waals surface area (Å²) >= 11 is 0. The molecule has 6 nitrogen and oxygen atoms in total. The lowest BCUT2D eigenvalue weighted by Crippen LogP contribution is -2.32. The first-order valence-electron chi connectivity index (χ1n) is 9.94. The topological polar surface area (TPSA) is 80.3 Å². The van der Waals surface area contributed by atoms with E-state index in [0.717, 1.165) is 23.1 Å². The van der Waals surface area contributed by atoms with Crippen LogP contribution < -0.4 is 10.6 Å². The Morgan fingerprint density at radius 1 is 1.07 bits per heavy atom. The third-order valence-corrected chi connectivity index (χ3v) is 4.19. The Kier molecular flexibility index (Phi) is 7.76. The van der Waals surface area contributed by atoms with Crippen molar-refractivity contribution < 1.29 is 14.3 Å². The van der Waals surface area contributed by atoms with Crippen molar-refractivity contribution >= 4 is 12.0 Å². The number of amides is 2. The lowest BCUT2D eigenvalue weighted by Gasteiger charge is -2.20. The summed E-state index contributed by atoms with van der Waals surface area (Å²) in [6.45, 7) is 10.6. The number of aromatic nitrogens is 1. The van der Waals surface area contributed by atoms with Crippen molar-refractivity contribution in [1.82, 2.24) is 15.6 Å². The zero-order valence-electron chi connectivity index (χ0n) is 17.9. The molecule has 0 aliphatic carbocycles. The van der Waals surface area contributed by atoms with Gasteiger partial charge in [-0.3, -0.25) is 9.78 Å². The number of ether oxygens (including phenoxy) is 1. The molecular weight excluding hydrogens is 366 g/mol. The average molecular weight is 398 g/mol. The molecule has 0 bridgehead atoms. The highest BCUT2D eigenvalue weighted by Gasteiger charge is 2.18. The van der Waals surface area contributed by atoms with E-state index in [4.69, 9.17) is 4.74 Å². The third-order valence-electron chi connectivity index (χ3n) is 4.19. The van der Waals surface area contributed by atoms with Gasteiger partial charge in [0.25, 0.3) is 5.91 Å². The molecule has 156 valence electrons. The smallest absolute Gasteiger partial charge is 0.407 e. The molecular formula is C23H31N3O3. The fourth-order valence-corrected chi connectivity index (χ4v) is 2.80. The van der Waals surface area contributed by atoms with Gasteiger partial charge < -0.3 is 15.4 Å². The molecule has 2 N–H and O–H groups in total. The summed E-state index contributed by atoms with van der Waals surface area (Å²) in [4.78, 5) is 28.9. The quantitative estimate of drug-likeness (QED) is 0.718. The van der Waals surface area contributed by atoms with Crippen LogP contribution in [0.2, 0.25) is 0 Å². The molecule has 1 heterocycles. The Bertz CT molecular complexity index is 841. The van der Waals surface area contributed by atoms with Crippen LogP contribution in [0.1, 0.15) is 57.0 Å². The van der Waals surface area contributed by atoms with Crippen LogP contribution in [0, 0.1) is 5.92 Å². The van der Waals surface area contributed by atoms with Gasteiger partial charge in [-0.25, -0.2) is 4.79 Å². The molecule has 0 fully saturated rings.